The van der Waals surface area contributed by atoms with Gasteiger partial charge in [-0.15, -0.1) is 11.8 Å². The quantitative estimate of drug-likeness (QED) is 0.366. The van der Waals surface area contributed by atoms with Crippen molar-refractivity contribution in [1.82, 2.24) is 5.32 Å². The molecule has 0 bridgehead atoms. The van der Waals surface area contributed by atoms with E-state index in [1.807, 2.05) is 31.4 Å². The van der Waals surface area contributed by atoms with Gasteiger partial charge in [0.15, 0.2) is 11.6 Å². The zero-order chi connectivity index (χ0) is 22.1. The Balaban J connectivity index is 1.77. The first-order chi connectivity index (χ1) is 14.1. The molecule has 8 heteroatoms. The van der Waals surface area contributed by atoms with Crippen molar-refractivity contribution in [2.24, 2.45) is 5.92 Å². The molecule has 3 aliphatic rings. The Kier molecular flexibility index (Phi) is 6.91. The number of carbonyl (C=O) groups excluding carboxylic acids is 2. The van der Waals surface area contributed by atoms with Gasteiger partial charge in [0, 0.05) is 17.6 Å². The third kappa shape index (κ3) is 5.06. The molecule has 7 nitrogen and oxygen atoms in total. The number of carboxylic acid groups (broad SMARTS) is 1. The number of fused-ring (bicyclic) bond motifs is 1. The average molecular weight is 435 g/mol. The van der Waals surface area contributed by atoms with Gasteiger partial charge in [0.05, 0.1) is 18.2 Å². The molecule has 0 aromatic heterocycles. The van der Waals surface area contributed by atoms with Gasteiger partial charge in [-0.25, -0.2) is 0 Å². The van der Waals surface area contributed by atoms with Crippen molar-refractivity contribution in [3.8, 4) is 0 Å². The summed E-state index contributed by atoms with van der Waals surface area (Å²) in [4.78, 5) is 24.2. The summed E-state index contributed by atoms with van der Waals surface area (Å²) in [6.45, 7) is 4.86. The number of carboxylic acids is 1. The number of quaternary nitrogens is 1. The molecule has 1 amide bonds. The second-order valence-electron chi connectivity index (χ2n) is 8.55. The maximum absolute atomic E-state index is 11.3. The van der Waals surface area contributed by atoms with Crippen molar-refractivity contribution < 1.29 is 29.8 Å². The highest BCUT2D eigenvalue weighted by Crippen LogP contribution is 2.35. The first-order valence-corrected chi connectivity index (χ1v) is 11.2. The van der Waals surface area contributed by atoms with Crippen LogP contribution in [0, 0.1) is 5.92 Å². The van der Waals surface area contributed by atoms with Crippen molar-refractivity contribution in [2.75, 3.05) is 5.75 Å². The molecule has 164 valence electrons. The van der Waals surface area contributed by atoms with Crippen LogP contribution in [-0.4, -0.2) is 57.7 Å². The number of hydrogen-bond donors (Lipinski definition) is 4. The molecule has 1 saturated carbocycles. The summed E-state index contributed by atoms with van der Waals surface area (Å²) in [7, 11) is 0. The number of carbonyl (C=O) groups is 2. The lowest BCUT2D eigenvalue weighted by Gasteiger charge is -2.31. The van der Waals surface area contributed by atoms with Gasteiger partial charge in [0.1, 0.15) is 12.1 Å². The molecule has 0 radical (unpaired) electrons. The number of allylic oxidation sites excluding steroid dienone is 5. The SMILES string of the molecule is CC(=O)NC(CSC1=CC=C[NH+]2C(C=C(C)C=CC3CC3)C(O)C(C)(O)C12)C(=O)[O-]. The van der Waals surface area contributed by atoms with Gasteiger partial charge in [-0.2, -0.15) is 0 Å². The number of aliphatic hydroxyl groups is 2. The van der Waals surface area contributed by atoms with Gasteiger partial charge >= 0.3 is 0 Å². The van der Waals surface area contributed by atoms with Crippen LogP contribution in [0.15, 0.2) is 47.1 Å². The molecule has 2 aliphatic heterocycles. The van der Waals surface area contributed by atoms with Crippen LogP contribution in [-0.2, 0) is 9.59 Å². The normalized spacial score (nSPS) is 34.6. The first-order valence-electron chi connectivity index (χ1n) is 10.2. The van der Waals surface area contributed by atoms with Crippen molar-refractivity contribution in [3.05, 3.63) is 47.1 Å². The molecule has 3 rings (SSSR count). The lowest BCUT2D eigenvalue weighted by Crippen LogP contribution is -3.14. The van der Waals surface area contributed by atoms with Gasteiger partial charge in [0.2, 0.25) is 5.91 Å². The lowest BCUT2D eigenvalue weighted by atomic mass is 9.91. The molecule has 4 N–H and O–H groups in total. The topological polar surface area (TPSA) is 114 Å². The molecule has 0 aromatic rings. The molecule has 0 spiro atoms. The molecule has 2 heterocycles. The summed E-state index contributed by atoms with van der Waals surface area (Å²) >= 11 is 1.25. The number of rotatable bonds is 8. The minimum absolute atomic E-state index is 0.0706. The third-order valence-corrected chi connectivity index (χ3v) is 7.05. The van der Waals surface area contributed by atoms with Crippen LogP contribution in [0.3, 0.4) is 0 Å². The van der Waals surface area contributed by atoms with Crippen molar-refractivity contribution >= 4 is 23.6 Å². The van der Waals surface area contributed by atoms with Crippen LogP contribution in [0.25, 0.3) is 0 Å². The summed E-state index contributed by atoms with van der Waals surface area (Å²) < 4.78 is 0. The average Bonchev–Trinajstić information content (AvgIpc) is 3.48. The van der Waals surface area contributed by atoms with E-state index in [1.54, 1.807) is 6.92 Å². The second kappa shape index (κ2) is 9.09. The first kappa shape index (κ1) is 22.8. The minimum atomic E-state index is -1.40. The van der Waals surface area contributed by atoms with E-state index < -0.39 is 35.7 Å². The van der Waals surface area contributed by atoms with Crippen LogP contribution < -0.4 is 15.3 Å². The van der Waals surface area contributed by atoms with E-state index >= 15 is 0 Å². The maximum atomic E-state index is 11.3. The second-order valence-corrected chi connectivity index (χ2v) is 9.64. The van der Waals surface area contributed by atoms with Gasteiger partial charge < -0.3 is 25.4 Å². The smallest absolute Gasteiger partial charge is 0.217 e. The van der Waals surface area contributed by atoms with E-state index in [0.29, 0.717) is 5.92 Å². The van der Waals surface area contributed by atoms with E-state index in [2.05, 4.69) is 17.5 Å². The third-order valence-electron chi connectivity index (χ3n) is 5.85. The van der Waals surface area contributed by atoms with Gasteiger partial charge in [-0.05, 0) is 56.4 Å². The Morgan fingerprint density at radius 2 is 2.13 bits per heavy atom. The fourth-order valence-corrected chi connectivity index (χ4v) is 5.38. The van der Waals surface area contributed by atoms with E-state index in [4.69, 9.17) is 0 Å². The Bertz CT molecular complexity index is 812. The number of hydrogen-bond acceptors (Lipinski definition) is 6. The standard InChI is InChI=1S/C22H30N2O5S/c1-13(6-7-15-8-9-15)11-17-20(26)22(3,29)19-18(5-4-10-24(17)19)30-12-16(21(27)28)23-14(2)25/h4-7,10-11,15-17,19-20,26,29H,8-9,12H2,1-3H3,(H,23,25)(H,27,28). The zero-order valence-electron chi connectivity index (χ0n) is 17.5. The highest BCUT2D eigenvalue weighted by atomic mass is 32.2. The summed E-state index contributed by atoms with van der Waals surface area (Å²) in [6, 6.07) is -1.91. The molecule has 30 heavy (non-hydrogen) atoms. The predicted octanol–water partition coefficient (Wildman–Crippen LogP) is -0.954. The fraction of sp³-hybridized carbons (Fsp3) is 0.545. The molecule has 0 aromatic carbocycles. The molecule has 1 aliphatic carbocycles. The summed E-state index contributed by atoms with van der Waals surface area (Å²) in [5.74, 6) is -1.07. The molecular formula is C22H30N2O5S. The number of aliphatic carboxylic acids is 1. The van der Waals surface area contributed by atoms with Crippen LogP contribution in [0.5, 0.6) is 0 Å². The lowest BCUT2D eigenvalue weighted by molar-refractivity contribution is -0.877. The molecule has 2 fully saturated rings. The Morgan fingerprint density at radius 1 is 1.43 bits per heavy atom. The summed E-state index contributed by atoms with van der Waals surface area (Å²) in [5.41, 5.74) is -0.360. The van der Waals surface area contributed by atoms with Crippen LogP contribution in [0.2, 0.25) is 0 Å². The van der Waals surface area contributed by atoms with Gasteiger partial charge in [-0.1, -0.05) is 12.2 Å². The monoisotopic (exact) mass is 434 g/mol. The molecule has 6 atom stereocenters. The van der Waals surface area contributed by atoms with Crippen molar-refractivity contribution in [3.63, 3.8) is 0 Å². The van der Waals surface area contributed by atoms with Crippen LogP contribution in [0.4, 0.5) is 0 Å². The van der Waals surface area contributed by atoms with E-state index in [9.17, 15) is 24.9 Å². The zero-order valence-corrected chi connectivity index (χ0v) is 18.3. The Hall–Kier alpha value is -1.87. The largest absolute Gasteiger partial charge is 0.548 e. The van der Waals surface area contributed by atoms with Crippen molar-refractivity contribution in [2.45, 2.75) is 63.4 Å². The van der Waals surface area contributed by atoms with E-state index in [-0.39, 0.29) is 11.8 Å². The fourth-order valence-electron chi connectivity index (χ4n) is 4.08. The van der Waals surface area contributed by atoms with Crippen molar-refractivity contribution in [1.29, 1.82) is 0 Å². The minimum Gasteiger partial charge on any atom is -0.548 e. The molecular weight excluding hydrogens is 404 g/mol. The number of aliphatic hydroxyl groups excluding tert-OH is 1. The highest BCUT2D eigenvalue weighted by Gasteiger charge is 2.60. The molecule has 6 unspecified atom stereocenters. The van der Waals surface area contributed by atoms with Gasteiger partial charge in [-0.3, -0.25) is 9.69 Å². The Labute approximate surface area is 181 Å². The Morgan fingerprint density at radius 3 is 2.73 bits per heavy atom. The van der Waals surface area contributed by atoms with Crippen LogP contribution >= 0.6 is 11.8 Å². The van der Waals surface area contributed by atoms with Crippen LogP contribution in [0.1, 0.15) is 33.6 Å². The highest BCUT2D eigenvalue weighted by molar-refractivity contribution is 8.03. The predicted molar refractivity (Wildman–Crippen MR) is 113 cm³/mol. The van der Waals surface area contributed by atoms with E-state index in [1.165, 1.54) is 31.5 Å². The summed E-state index contributed by atoms with van der Waals surface area (Å²) in [6.07, 6.45) is 13.3. The van der Waals surface area contributed by atoms with Gasteiger partial charge in [0.25, 0.3) is 0 Å². The maximum Gasteiger partial charge on any atom is 0.217 e. The van der Waals surface area contributed by atoms with E-state index in [0.717, 1.165) is 15.4 Å². The number of thioether (sulfide) groups is 1. The molecule has 1 saturated heterocycles. The number of amides is 1. The summed E-state index contributed by atoms with van der Waals surface area (Å²) in [5, 5.41) is 35.8. The number of nitrogens with one attached hydrogen (secondary N) is 2.